The smallest absolute Gasteiger partial charge is 0.220 e. The van der Waals surface area contributed by atoms with Crippen LogP contribution < -0.4 is 10.6 Å². The molecular formula is C9H17N3O. The molecule has 4 heteroatoms. The highest BCUT2D eigenvalue weighted by Crippen LogP contribution is 2.07. The maximum atomic E-state index is 11.2. The third-order valence-corrected chi connectivity index (χ3v) is 2.86. The Hall–Kier alpha value is -0.610. The molecule has 2 saturated heterocycles. The summed E-state index contributed by atoms with van der Waals surface area (Å²) in [6.07, 6.45) is 1.69. The molecule has 2 aliphatic heterocycles. The van der Waals surface area contributed by atoms with Crippen molar-refractivity contribution < 1.29 is 4.79 Å². The number of carbonyl (C=O) groups is 1. The van der Waals surface area contributed by atoms with Crippen LogP contribution in [0.15, 0.2) is 0 Å². The number of nitrogens with zero attached hydrogens (tertiary/aromatic N) is 1. The first kappa shape index (κ1) is 8.97. The lowest BCUT2D eigenvalue weighted by Gasteiger charge is -2.37. The SMILES string of the molecule is O=C1CCCN2CCNCC2CN1. The van der Waals surface area contributed by atoms with Crippen molar-refractivity contribution >= 4 is 5.91 Å². The summed E-state index contributed by atoms with van der Waals surface area (Å²) < 4.78 is 0. The first-order valence-corrected chi connectivity index (χ1v) is 5.08. The summed E-state index contributed by atoms with van der Waals surface area (Å²) in [4.78, 5) is 13.6. The minimum Gasteiger partial charge on any atom is -0.354 e. The van der Waals surface area contributed by atoms with Gasteiger partial charge in [0.2, 0.25) is 5.91 Å². The molecule has 0 spiro atoms. The van der Waals surface area contributed by atoms with Gasteiger partial charge in [0.05, 0.1) is 0 Å². The molecule has 0 saturated carbocycles. The Kier molecular flexibility index (Phi) is 2.80. The molecule has 0 aromatic carbocycles. The molecule has 0 aliphatic carbocycles. The van der Waals surface area contributed by atoms with Crippen LogP contribution >= 0.6 is 0 Å². The van der Waals surface area contributed by atoms with E-state index in [1.54, 1.807) is 0 Å². The molecule has 2 N–H and O–H groups in total. The summed E-state index contributed by atoms with van der Waals surface area (Å²) in [5.74, 6) is 0.213. The minimum absolute atomic E-state index is 0.213. The number of piperazine rings is 1. The summed E-state index contributed by atoms with van der Waals surface area (Å²) >= 11 is 0. The van der Waals surface area contributed by atoms with Crippen LogP contribution in [0.3, 0.4) is 0 Å². The molecule has 74 valence electrons. The second kappa shape index (κ2) is 4.07. The van der Waals surface area contributed by atoms with Gasteiger partial charge in [0.25, 0.3) is 0 Å². The van der Waals surface area contributed by atoms with Crippen LogP contribution in [0.25, 0.3) is 0 Å². The Balaban J connectivity index is 1.93. The molecule has 0 bridgehead atoms. The van der Waals surface area contributed by atoms with Gasteiger partial charge in [0.15, 0.2) is 0 Å². The molecule has 4 nitrogen and oxygen atoms in total. The van der Waals surface area contributed by atoms with Crippen molar-refractivity contribution in [3.05, 3.63) is 0 Å². The quantitative estimate of drug-likeness (QED) is 0.515. The minimum atomic E-state index is 0.213. The molecule has 13 heavy (non-hydrogen) atoms. The fourth-order valence-electron chi connectivity index (χ4n) is 2.06. The average molecular weight is 183 g/mol. The fraction of sp³-hybridized carbons (Fsp3) is 0.889. The second-order valence-corrected chi connectivity index (χ2v) is 3.80. The average Bonchev–Trinajstić information content (AvgIpc) is 2.13. The first-order valence-electron chi connectivity index (χ1n) is 5.08. The van der Waals surface area contributed by atoms with Gasteiger partial charge in [-0.25, -0.2) is 0 Å². The van der Waals surface area contributed by atoms with Crippen molar-refractivity contribution in [2.24, 2.45) is 0 Å². The number of amides is 1. The van der Waals surface area contributed by atoms with Crippen LogP contribution in [0.5, 0.6) is 0 Å². The zero-order chi connectivity index (χ0) is 9.10. The highest BCUT2D eigenvalue weighted by molar-refractivity contribution is 5.75. The van der Waals surface area contributed by atoms with E-state index in [4.69, 9.17) is 0 Å². The lowest BCUT2D eigenvalue weighted by atomic mass is 10.1. The van der Waals surface area contributed by atoms with Gasteiger partial charge in [-0.1, -0.05) is 0 Å². The van der Waals surface area contributed by atoms with Gasteiger partial charge in [0.1, 0.15) is 0 Å². The third kappa shape index (κ3) is 2.19. The lowest BCUT2D eigenvalue weighted by Crippen LogP contribution is -2.56. The van der Waals surface area contributed by atoms with Crippen molar-refractivity contribution in [1.29, 1.82) is 0 Å². The van der Waals surface area contributed by atoms with E-state index in [2.05, 4.69) is 15.5 Å². The lowest BCUT2D eigenvalue weighted by molar-refractivity contribution is -0.122. The molecule has 2 rings (SSSR count). The van der Waals surface area contributed by atoms with Crippen molar-refractivity contribution in [2.75, 3.05) is 32.7 Å². The third-order valence-electron chi connectivity index (χ3n) is 2.86. The number of hydrogen-bond acceptors (Lipinski definition) is 3. The Labute approximate surface area is 78.7 Å². The van der Waals surface area contributed by atoms with Gasteiger partial charge in [-0.3, -0.25) is 9.69 Å². The number of nitrogens with one attached hydrogen (secondary N) is 2. The van der Waals surface area contributed by atoms with Crippen LogP contribution in [0.2, 0.25) is 0 Å². The predicted molar refractivity (Wildman–Crippen MR) is 50.5 cm³/mol. The van der Waals surface area contributed by atoms with Gasteiger partial charge >= 0.3 is 0 Å². The van der Waals surface area contributed by atoms with Gasteiger partial charge < -0.3 is 10.6 Å². The molecule has 2 heterocycles. The van der Waals surface area contributed by atoms with Crippen molar-refractivity contribution in [2.45, 2.75) is 18.9 Å². The van der Waals surface area contributed by atoms with Crippen LogP contribution in [-0.4, -0.2) is 49.6 Å². The standard InChI is InChI=1S/C9H17N3O/c13-9-2-1-4-12-5-3-10-6-8(12)7-11-9/h8,10H,1-7H2,(H,11,13). The molecule has 1 atom stereocenters. The summed E-state index contributed by atoms with van der Waals surface area (Å²) in [5, 5.41) is 6.32. The van der Waals surface area contributed by atoms with E-state index in [0.29, 0.717) is 12.5 Å². The molecule has 0 aromatic rings. The van der Waals surface area contributed by atoms with E-state index in [-0.39, 0.29) is 5.91 Å². The topological polar surface area (TPSA) is 44.4 Å². The maximum absolute atomic E-state index is 11.2. The summed E-state index contributed by atoms with van der Waals surface area (Å²) in [5.41, 5.74) is 0. The maximum Gasteiger partial charge on any atom is 0.220 e. The number of hydrogen-bond donors (Lipinski definition) is 2. The van der Waals surface area contributed by atoms with Gasteiger partial charge in [-0.15, -0.1) is 0 Å². The normalized spacial score (nSPS) is 31.4. The van der Waals surface area contributed by atoms with E-state index < -0.39 is 0 Å². The van der Waals surface area contributed by atoms with Crippen LogP contribution in [0.4, 0.5) is 0 Å². The van der Waals surface area contributed by atoms with Crippen LogP contribution in [0.1, 0.15) is 12.8 Å². The molecule has 0 radical (unpaired) electrons. The van der Waals surface area contributed by atoms with E-state index in [0.717, 1.165) is 39.1 Å². The highest BCUT2D eigenvalue weighted by Gasteiger charge is 2.23. The monoisotopic (exact) mass is 183 g/mol. The van der Waals surface area contributed by atoms with Crippen molar-refractivity contribution in [3.63, 3.8) is 0 Å². The van der Waals surface area contributed by atoms with Gasteiger partial charge in [-0.05, 0) is 13.0 Å². The second-order valence-electron chi connectivity index (χ2n) is 3.80. The first-order chi connectivity index (χ1) is 6.36. The fourth-order valence-corrected chi connectivity index (χ4v) is 2.06. The molecule has 0 aromatic heterocycles. The summed E-state index contributed by atoms with van der Waals surface area (Å²) in [6, 6.07) is 0.512. The van der Waals surface area contributed by atoms with Crippen LogP contribution in [0, 0.1) is 0 Å². The largest absolute Gasteiger partial charge is 0.354 e. The van der Waals surface area contributed by atoms with E-state index >= 15 is 0 Å². The Bertz CT molecular complexity index is 195. The number of fused-ring (bicyclic) bond motifs is 1. The summed E-state index contributed by atoms with van der Waals surface area (Å²) in [6.45, 7) is 5.12. The Morgan fingerprint density at radius 1 is 1.31 bits per heavy atom. The Morgan fingerprint density at radius 2 is 2.23 bits per heavy atom. The molecule has 2 aliphatic rings. The highest BCUT2D eigenvalue weighted by atomic mass is 16.1. The van der Waals surface area contributed by atoms with Crippen molar-refractivity contribution in [1.82, 2.24) is 15.5 Å². The van der Waals surface area contributed by atoms with Crippen LogP contribution in [-0.2, 0) is 4.79 Å². The number of carbonyl (C=O) groups excluding carboxylic acids is 1. The van der Waals surface area contributed by atoms with E-state index in [9.17, 15) is 4.79 Å². The number of rotatable bonds is 0. The molecule has 1 amide bonds. The van der Waals surface area contributed by atoms with Gasteiger partial charge in [0, 0.05) is 38.6 Å². The molecule has 1 unspecified atom stereocenters. The zero-order valence-corrected chi connectivity index (χ0v) is 7.88. The predicted octanol–water partition coefficient (Wildman–Crippen LogP) is -0.830. The summed E-state index contributed by atoms with van der Waals surface area (Å²) in [7, 11) is 0. The Morgan fingerprint density at radius 3 is 3.15 bits per heavy atom. The zero-order valence-electron chi connectivity index (χ0n) is 7.88. The molecule has 2 fully saturated rings. The van der Waals surface area contributed by atoms with Crippen molar-refractivity contribution in [3.8, 4) is 0 Å². The van der Waals surface area contributed by atoms with Gasteiger partial charge in [-0.2, -0.15) is 0 Å². The van der Waals surface area contributed by atoms with E-state index in [1.165, 1.54) is 0 Å². The van der Waals surface area contributed by atoms with E-state index in [1.807, 2.05) is 0 Å². The molecular weight excluding hydrogens is 166 g/mol.